The molecule has 2 heterocycles. The molecule has 0 radical (unpaired) electrons. The molecular weight excluding hydrogens is 166 g/mol. The van der Waals surface area contributed by atoms with E-state index in [0.717, 1.165) is 25.9 Å². The molecule has 1 aromatic rings. The molecule has 1 fully saturated rings. The van der Waals surface area contributed by atoms with Gasteiger partial charge in [0.05, 0.1) is 0 Å². The van der Waals surface area contributed by atoms with E-state index in [1.54, 1.807) is 12.4 Å². The van der Waals surface area contributed by atoms with Crippen LogP contribution in [0.2, 0.25) is 0 Å². The summed E-state index contributed by atoms with van der Waals surface area (Å²) < 4.78 is 0. The Kier molecular flexibility index (Phi) is 2.40. The van der Waals surface area contributed by atoms with Crippen molar-refractivity contribution in [2.45, 2.75) is 18.8 Å². The maximum atomic E-state index is 11.4. The monoisotopic (exact) mass is 179 g/mol. The molecule has 4 heteroatoms. The van der Waals surface area contributed by atoms with Crippen molar-refractivity contribution in [3.63, 3.8) is 0 Å². The summed E-state index contributed by atoms with van der Waals surface area (Å²) >= 11 is 0. The van der Waals surface area contributed by atoms with Crippen LogP contribution < -0.4 is 10.9 Å². The lowest BCUT2D eigenvalue weighted by Gasteiger charge is -2.20. The van der Waals surface area contributed by atoms with E-state index in [1.807, 2.05) is 0 Å². The molecule has 1 aromatic heterocycles. The van der Waals surface area contributed by atoms with Gasteiger partial charge in [0.15, 0.2) is 0 Å². The highest BCUT2D eigenvalue weighted by molar-refractivity contribution is 5.05. The molecule has 0 bridgehead atoms. The lowest BCUT2D eigenvalue weighted by Crippen LogP contribution is -2.32. The van der Waals surface area contributed by atoms with E-state index in [4.69, 9.17) is 0 Å². The number of hydrogen-bond donors (Lipinski definition) is 2. The number of rotatable bonds is 1. The Bertz CT molecular complexity index is 328. The van der Waals surface area contributed by atoms with Gasteiger partial charge in [-0.05, 0) is 19.4 Å². The van der Waals surface area contributed by atoms with Gasteiger partial charge in [-0.3, -0.25) is 9.78 Å². The van der Waals surface area contributed by atoms with E-state index in [9.17, 15) is 4.79 Å². The third kappa shape index (κ3) is 1.78. The molecule has 0 unspecified atom stereocenters. The van der Waals surface area contributed by atoms with Crippen molar-refractivity contribution in [1.82, 2.24) is 15.3 Å². The lowest BCUT2D eigenvalue weighted by molar-refractivity contribution is 0.451. The minimum atomic E-state index is -0.0452. The normalized spacial score (nSPS) is 22.9. The van der Waals surface area contributed by atoms with Crippen LogP contribution in [0.4, 0.5) is 0 Å². The van der Waals surface area contributed by atoms with E-state index in [-0.39, 0.29) is 5.56 Å². The molecule has 2 rings (SSSR count). The second kappa shape index (κ2) is 3.70. The van der Waals surface area contributed by atoms with E-state index < -0.39 is 0 Å². The largest absolute Gasteiger partial charge is 0.326 e. The Morgan fingerprint density at radius 3 is 3.15 bits per heavy atom. The molecule has 1 aliphatic heterocycles. The van der Waals surface area contributed by atoms with Crippen molar-refractivity contribution >= 4 is 0 Å². The quantitative estimate of drug-likeness (QED) is 0.649. The van der Waals surface area contributed by atoms with E-state index >= 15 is 0 Å². The molecule has 0 amide bonds. The van der Waals surface area contributed by atoms with Crippen molar-refractivity contribution in [2.75, 3.05) is 13.1 Å². The Morgan fingerprint density at radius 1 is 1.54 bits per heavy atom. The molecule has 0 aliphatic carbocycles. The number of H-pyrrole nitrogens is 1. The van der Waals surface area contributed by atoms with Crippen LogP contribution in [-0.4, -0.2) is 23.1 Å². The van der Waals surface area contributed by atoms with Gasteiger partial charge in [0.1, 0.15) is 5.69 Å². The SMILES string of the molecule is O=c1[nH]ccnc1[C@@H]1CCCNC1. The van der Waals surface area contributed by atoms with Gasteiger partial charge in [0.25, 0.3) is 5.56 Å². The van der Waals surface area contributed by atoms with Crippen LogP contribution in [0.3, 0.4) is 0 Å². The molecule has 0 aromatic carbocycles. The van der Waals surface area contributed by atoms with Gasteiger partial charge < -0.3 is 10.3 Å². The highest BCUT2D eigenvalue weighted by atomic mass is 16.1. The van der Waals surface area contributed by atoms with Crippen molar-refractivity contribution in [3.05, 3.63) is 28.4 Å². The minimum absolute atomic E-state index is 0.0452. The topological polar surface area (TPSA) is 57.8 Å². The summed E-state index contributed by atoms with van der Waals surface area (Å²) in [6, 6.07) is 0. The fourth-order valence-electron chi connectivity index (χ4n) is 1.74. The van der Waals surface area contributed by atoms with Crippen molar-refractivity contribution in [2.24, 2.45) is 0 Å². The Balaban J connectivity index is 2.24. The number of nitrogens with one attached hydrogen (secondary N) is 2. The fraction of sp³-hybridized carbons (Fsp3) is 0.556. The molecular formula is C9H13N3O. The maximum Gasteiger partial charge on any atom is 0.269 e. The van der Waals surface area contributed by atoms with Crippen molar-refractivity contribution in [1.29, 1.82) is 0 Å². The summed E-state index contributed by atoms with van der Waals surface area (Å²) in [5.41, 5.74) is 0.630. The van der Waals surface area contributed by atoms with Gasteiger partial charge in [0.2, 0.25) is 0 Å². The standard InChI is InChI=1S/C9H13N3O/c13-9-8(11-4-5-12-9)7-2-1-3-10-6-7/h4-5,7,10H,1-3,6H2,(H,12,13)/t7-/m1/s1. The third-order valence-corrected chi connectivity index (χ3v) is 2.42. The molecule has 70 valence electrons. The summed E-state index contributed by atoms with van der Waals surface area (Å²) in [7, 11) is 0. The first-order valence-electron chi connectivity index (χ1n) is 4.62. The molecule has 4 nitrogen and oxygen atoms in total. The van der Waals surface area contributed by atoms with E-state index in [1.165, 1.54) is 0 Å². The first-order valence-corrected chi connectivity index (χ1v) is 4.62. The smallest absolute Gasteiger partial charge is 0.269 e. The van der Waals surface area contributed by atoms with Crippen LogP contribution >= 0.6 is 0 Å². The molecule has 0 saturated carbocycles. The summed E-state index contributed by atoms with van der Waals surface area (Å²) in [6.45, 7) is 1.93. The number of piperidine rings is 1. The average Bonchev–Trinajstić information content (AvgIpc) is 2.20. The van der Waals surface area contributed by atoms with Gasteiger partial charge in [-0.25, -0.2) is 0 Å². The molecule has 1 aliphatic rings. The zero-order valence-electron chi connectivity index (χ0n) is 7.42. The van der Waals surface area contributed by atoms with Crippen LogP contribution in [0.5, 0.6) is 0 Å². The molecule has 0 spiro atoms. The summed E-state index contributed by atoms with van der Waals surface area (Å²) in [5.74, 6) is 0.290. The van der Waals surface area contributed by atoms with Crippen LogP contribution in [0.1, 0.15) is 24.5 Å². The van der Waals surface area contributed by atoms with E-state index in [0.29, 0.717) is 11.6 Å². The molecule has 2 N–H and O–H groups in total. The van der Waals surface area contributed by atoms with Gasteiger partial charge in [-0.1, -0.05) is 0 Å². The average molecular weight is 179 g/mol. The van der Waals surface area contributed by atoms with Crippen LogP contribution in [0, 0.1) is 0 Å². The van der Waals surface area contributed by atoms with Gasteiger partial charge >= 0.3 is 0 Å². The van der Waals surface area contributed by atoms with Crippen LogP contribution in [-0.2, 0) is 0 Å². The zero-order chi connectivity index (χ0) is 9.10. The summed E-state index contributed by atoms with van der Waals surface area (Å²) in [6.07, 6.45) is 5.40. The first kappa shape index (κ1) is 8.44. The van der Waals surface area contributed by atoms with Gasteiger partial charge in [-0.15, -0.1) is 0 Å². The van der Waals surface area contributed by atoms with Crippen LogP contribution in [0.25, 0.3) is 0 Å². The molecule has 1 atom stereocenters. The first-order chi connectivity index (χ1) is 6.38. The summed E-state index contributed by atoms with van der Waals surface area (Å²) in [4.78, 5) is 18.1. The molecule has 13 heavy (non-hydrogen) atoms. The van der Waals surface area contributed by atoms with Crippen molar-refractivity contribution < 1.29 is 0 Å². The Labute approximate surface area is 76.4 Å². The Hall–Kier alpha value is -1.16. The number of hydrogen-bond acceptors (Lipinski definition) is 3. The second-order valence-corrected chi connectivity index (χ2v) is 3.35. The number of nitrogens with zero attached hydrogens (tertiary/aromatic N) is 1. The predicted molar refractivity (Wildman–Crippen MR) is 49.7 cm³/mol. The van der Waals surface area contributed by atoms with E-state index in [2.05, 4.69) is 15.3 Å². The third-order valence-electron chi connectivity index (χ3n) is 2.42. The minimum Gasteiger partial charge on any atom is -0.326 e. The number of aromatic nitrogens is 2. The van der Waals surface area contributed by atoms with Gasteiger partial charge in [0, 0.05) is 24.9 Å². The predicted octanol–water partition coefficient (Wildman–Crippen LogP) is 0.237. The lowest BCUT2D eigenvalue weighted by atomic mass is 9.96. The zero-order valence-corrected chi connectivity index (χ0v) is 7.42. The summed E-state index contributed by atoms with van der Waals surface area (Å²) in [5, 5.41) is 3.27. The molecule has 1 saturated heterocycles. The highest BCUT2D eigenvalue weighted by Gasteiger charge is 2.18. The Morgan fingerprint density at radius 2 is 2.46 bits per heavy atom. The fourth-order valence-corrected chi connectivity index (χ4v) is 1.74. The maximum absolute atomic E-state index is 11.4. The second-order valence-electron chi connectivity index (χ2n) is 3.35. The van der Waals surface area contributed by atoms with Crippen LogP contribution in [0.15, 0.2) is 17.2 Å². The highest BCUT2D eigenvalue weighted by Crippen LogP contribution is 2.17. The number of aromatic amines is 1. The van der Waals surface area contributed by atoms with Crippen molar-refractivity contribution in [3.8, 4) is 0 Å². The van der Waals surface area contributed by atoms with Gasteiger partial charge in [-0.2, -0.15) is 0 Å².